The SMILES string of the molecule is CSC(C)CNC(=O)c1ccc(C)cc1C#CCN. The molecule has 19 heavy (non-hydrogen) atoms. The lowest BCUT2D eigenvalue weighted by molar-refractivity contribution is 0.0954. The highest BCUT2D eigenvalue weighted by Gasteiger charge is 2.11. The molecule has 0 fully saturated rings. The summed E-state index contributed by atoms with van der Waals surface area (Å²) in [4.78, 5) is 12.1. The third kappa shape index (κ3) is 4.98. The van der Waals surface area contributed by atoms with Crippen LogP contribution in [0.3, 0.4) is 0 Å². The maximum atomic E-state index is 12.1. The van der Waals surface area contributed by atoms with E-state index in [2.05, 4.69) is 24.1 Å². The Bertz CT molecular complexity index is 503. The summed E-state index contributed by atoms with van der Waals surface area (Å²) in [6.45, 7) is 5.00. The predicted octanol–water partition coefficient (Wildman–Crippen LogP) is 1.79. The van der Waals surface area contributed by atoms with Gasteiger partial charge in [0.1, 0.15) is 0 Å². The number of carbonyl (C=O) groups excluding carboxylic acids is 1. The first-order valence-corrected chi connectivity index (χ1v) is 7.47. The molecule has 0 spiro atoms. The van der Waals surface area contributed by atoms with Crippen LogP contribution < -0.4 is 11.1 Å². The molecule has 1 aromatic carbocycles. The zero-order valence-electron chi connectivity index (χ0n) is 11.6. The summed E-state index contributed by atoms with van der Waals surface area (Å²) in [5.74, 6) is 5.67. The third-order valence-electron chi connectivity index (χ3n) is 2.70. The van der Waals surface area contributed by atoms with Crippen molar-refractivity contribution in [3.63, 3.8) is 0 Å². The van der Waals surface area contributed by atoms with Gasteiger partial charge in [0.2, 0.25) is 0 Å². The summed E-state index contributed by atoms with van der Waals surface area (Å²) in [5, 5.41) is 3.32. The molecule has 3 N–H and O–H groups in total. The van der Waals surface area contributed by atoms with Crippen molar-refractivity contribution in [2.24, 2.45) is 5.73 Å². The molecule has 3 nitrogen and oxygen atoms in total. The second kappa shape index (κ2) is 7.88. The van der Waals surface area contributed by atoms with Crippen molar-refractivity contribution >= 4 is 17.7 Å². The van der Waals surface area contributed by atoms with E-state index in [0.29, 0.717) is 23.9 Å². The third-order valence-corrected chi connectivity index (χ3v) is 3.67. The number of aryl methyl sites for hydroxylation is 1. The van der Waals surface area contributed by atoms with E-state index in [-0.39, 0.29) is 5.91 Å². The van der Waals surface area contributed by atoms with Gasteiger partial charge in [0.15, 0.2) is 0 Å². The number of nitrogens with two attached hydrogens (primary N) is 1. The number of rotatable bonds is 4. The zero-order valence-corrected chi connectivity index (χ0v) is 12.4. The minimum Gasteiger partial charge on any atom is -0.351 e. The minimum atomic E-state index is -0.0813. The van der Waals surface area contributed by atoms with E-state index in [0.717, 1.165) is 11.1 Å². The van der Waals surface area contributed by atoms with Crippen molar-refractivity contribution in [3.05, 3.63) is 34.9 Å². The van der Waals surface area contributed by atoms with Crippen LogP contribution in [-0.4, -0.2) is 30.5 Å². The Hall–Kier alpha value is -1.44. The molecule has 4 heteroatoms. The molecule has 0 aliphatic rings. The number of benzene rings is 1. The van der Waals surface area contributed by atoms with Gasteiger partial charge in [0, 0.05) is 17.4 Å². The summed E-state index contributed by atoms with van der Waals surface area (Å²) in [6.07, 6.45) is 2.03. The van der Waals surface area contributed by atoms with Gasteiger partial charge in [-0.3, -0.25) is 4.79 Å². The van der Waals surface area contributed by atoms with E-state index in [1.807, 2.05) is 31.4 Å². The van der Waals surface area contributed by atoms with E-state index < -0.39 is 0 Å². The fourth-order valence-corrected chi connectivity index (χ4v) is 1.77. The monoisotopic (exact) mass is 276 g/mol. The smallest absolute Gasteiger partial charge is 0.252 e. The van der Waals surface area contributed by atoms with Crippen molar-refractivity contribution in [1.29, 1.82) is 0 Å². The van der Waals surface area contributed by atoms with Crippen molar-refractivity contribution < 1.29 is 4.79 Å². The highest BCUT2D eigenvalue weighted by molar-refractivity contribution is 7.99. The number of thioether (sulfide) groups is 1. The Labute approximate surface area is 119 Å². The first-order chi connectivity index (χ1) is 9.08. The number of carbonyl (C=O) groups is 1. The lowest BCUT2D eigenvalue weighted by Crippen LogP contribution is -2.29. The van der Waals surface area contributed by atoms with E-state index in [1.54, 1.807) is 11.8 Å². The van der Waals surface area contributed by atoms with Gasteiger partial charge in [0.25, 0.3) is 5.91 Å². The van der Waals surface area contributed by atoms with Gasteiger partial charge in [-0.2, -0.15) is 11.8 Å². The highest BCUT2D eigenvalue weighted by Crippen LogP contribution is 2.11. The van der Waals surface area contributed by atoms with Gasteiger partial charge in [0.05, 0.1) is 12.1 Å². The van der Waals surface area contributed by atoms with Crippen LogP contribution in [-0.2, 0) is 0 Å². The summed E-state index contributed by atoms with van der Waals surface area (Å²) in [5.41, 5.74) is 7.81. The molecular formula is C15H20N2OS. The van der Waals surface area contributed by atoms with Gasteiger partial charge >= 0.3 is 0 Å². The molecule has 1 amide bonds. The predicted molar refractivity (Wildman–Crippen MR) is 82.4 cm³/mol. The van der Waals surface area contributed by atoms with E-state index >= 15 is 0 Å². The van der Waals surface area contributed by atoms with E-state index in [4.69, 9.17) is 5.73 Å². The topological polar surface area (TPSA) is 55.1 Å². The molecule has 0 saturated heterocycles. The maximum absolute atomic E-state index is 12.1. The molecule has 0 aliphatic carbocycles. The molecule has 1 aromatic rings. The Morgan fingerprint density at radius 1 is 1.53 bits per heavy atom. The van der Waals surface area contributed by atoms with Gasteiger partial charge < -0.3 is 11.1 Å². The van der Waals surface area contributed by atoms with Crippen LogP contribution in [0.25, 0.3) is 0 Å². The summed E-state index contributed by atoms with van der Waals surface area (Å²) in [7, 11) is 0. The Morgan fingerprint density at radius 3 is 2.89 bits per heavy atom. The lowest BCUT2D eigenvalue weighted by atomic mass is 10.0. The van der Waals surface area contributed by atoms with Gasteiger partial charge in [-0.05, 0) is 30.9 Å². The molecule has 0 radical (unpaired) electrons. The van der Waals surface area contributed by atoms with Gasteiger partial charge in [-0.1, -0.05) is 24.8 Å². The molecule has 1 atom stereocenters. The van der Waals surface area contributed by atoms with E-state index in [1.165, 1.54) is 0 Å². The Morgan fingerprint density at radius 2 is 2.26 bits per heavy atom. The summed E-state index contributed by atoms with van der Waals surface area (Å²) >= 11 is 1.72. The second-order valence-electron chi connectivity index (χ2n) is 4.31. The number of hydrogen-bond donors (Lipinski definition) is 2. The quantitative estimate of drug-likeness (QED) is 0.824. The minimum absolute atomic E-state index is 0.0813. The van der Waals surface area contributed by atoms with Crippen molar-refractivity contribution in [3.8, 4) is 11.8 Å². The Balaban J connectivity index is 2.89. The normalized spacial score (nSPS) is 11.4. The van der Waals surface area contributed by atoms with Crippen LogP contribution in [0.2, 0.25) is 0 Å². The average Bonchev–Trinajstić information content (AvgIpc) is 2.42. The van der Waals surface area contributed by atoms with Crippen molar-refractivity contribution in [2.45, 2.75) is 19.1 Å². The molecule has 0 saturated carbocycles. The van der Waals surface area contributed by atoms with Crippen molar-refractivity contribution in [2.75, 3.05) is 19.3 Å². The average molecular weight is 276 g/mol. The summed E-state index contributed by atoms with van der Waals surface area (Å²) in [6, 6.07) is 5.64. The largest absolute Gasteiger partial charge is 0.351 e. The first kappa shape index (κ1) is 15.6. The molecule has 1 rings (SSSR count). The number of amides is 1. The van der Waals surface area contributed by atoms with Crippen LogP contribution in [0.1, 0.15) is 28.4 Å². The van der Waals surface area contributed by atoms with Crippen LogP contribution in [0.15, 0.2) is 18.2 Å². The maximum Gasteiger partial charge on any atom is 0.252 e. The van der Waals surface area contributed by atoms with Crippen molar-refractivity contribution in [1.82, 2.24) is 5.32 Å². The highest BCUT2D eigenvalue weighted by atomic mass is 32.2. The molecular weight excluding hydrogens is 256 g/mol. The fraction of sp³-hybridized carbons (Fsp3) is 0.400. The molecule has 1 unspecified atom stereocenters. The molecule has 0 aliphatic heterocycles. The first-order valence-electron chi connectivity index (χ1n) is 6.19. The standard InChI is InChI=1S/C15H20N2OS/c1-11-6-7-14(13(9-11)5-4-8-16)15(18)17-10-12(2)19-3/h6-7,9,12H,8,10,16H2,1-3H3,(H,17,18). The van der Waals surface area contributed by atoms with Gasteiger partial charge in [-0.25, -0.2) is 0 Å². The van der Waals surface area contributed by atoms with Crippen LogP contribution in [0, 0.1) is 18.8 Å². The fourth-order valence-electron chi connectivity index (χ4n) is 1.52. The van der Waals surface area contributed by atoms with Crippen LogP contribution >= 0.6 is 11.8 Å². The second-order valence-corrected chi connectivity index (χ2v) is 5.59. The lowest BCUT2D eigenvalue weighted by Gasteiger charge is -2.11. The summed E-state index contributed by atoms with van der Waals surface area (Å²) < 4.78 is 0. The van der Waals surface area contributed by atoms with Crippen LogP contribution in [0.4, 0.5) is 0 Å². The Kier molecular flexibility index (Phi) is 6.48. The number of nitrogens with one attached hydrogen (secondary N) is 1. The molecule has 102 valence electrons. The molecule has 0 bridgehead atoms. The molecule has 0 aromatic heterocycles. The molecule has 0 heterocycles. The van der Waals surface area contributed by atoms with Crippen LogP contribution in [0.5, 0.6) is 0 Å². The van der Waals surface area contributed by atoms with E-state index in [9.17, 15) is 4.79 Å². The van der Waals surface area contributed by atoms with Gasteiger partial charge in [-0.15, -0.1) is 0 Å². The number of hydrogen-bond acceptors (Lipinski definition) is 3. The zero-order chi connectivity index (χ0) is 14.3.